The van der Waals surface area contributed by atoms with Crippen LogP contribution in [0.4, 0.5) is 8.78 Å². The molecule has 0 fully saturated rings. The van der Waals surface area contributed by atoms with E-state index in [-0.39, 0.29) is 4.90 Å². The van der Waals surface area contributed by atoms with Gasteiger partial charge in [-0.3, -0.25) is 0 Å². The van der Waals surface area contributed by atoms with Crippen molar-refractivity contribution < 1.29 is 17.2 Å². The molecule has 0 amide bonds. The van der Waals surface area contributed by atoms with Gasteiger partial charge in [0.25, 0.3) is 0 Å². The minimum atomic E-state index is -4.43. The van der Waals surface area contributed by atoms with Crippen molar-refractivity contribution in [2.75, 3.05) is 0 Å². The molecule has 6 heteroatoms. The summed E-state index contributed by atoms with van der Waals surface area (Å²) in [4.78, 5) is -0.345. The Labute approximate surface area is 88.0 Å². The highest BCUT2D eigenvalue weighted by atomic mass is 127. The third-order valence-corrected chi connectivity index (χ3v) is 3.49. The summed E-state index contributed by atoms with van der Waals surface area (Å²) in [6.45, 7) is 0. The van der Waals surface area contributed by atoms with Crippen LogP contribution in [0.15, 0.2) is 29.2 Å². The molecule has 0 saturated heterocycles. The normalized spacial score (nSPS) is 12.0. The molecule has 0 heterocycles. The van der Waals surface area contributed by atoms with Gasteiger partial charge in [0, 0.05) is 3.57 Å². The van der Waals surface area contributed by atoms with Crippen molar-refractivity contribution in [2.45, 2.75) is 10.7 Å². The third kappa shape index (κ3) is 2.37. The molecule has 1 rings (SSSR count). The maximum absolute atomic E-state index is 12.0. The first kappa shape index (κ1) is 10.8. The van der Waals surface area contributed by atoms with Gasteiger partial charge in [0.05, 0.1) is 4.90 Å². The van der Waals surface area contributed by atoms with Crippen LogP contribution in [-0.4, -0.2) is 14.2 Å². The van der Waals surface area contributed by atoms with Crippen LogP contribution in [0.2, 0.25) is 0 Å². The lowest BCUT2D eigenvalue weighted by atomic mass is 10.4. The Bertz CT molecular complexity index is 385. The predicted octanol–water partition coefficient (Wildman–Crippen LogP) is 2.29. The second kappa shape index (κ2) is 3.87. The highest BCUT2D eigenvalue weighted by Gasteiger charge is 2.25. The number of benzene rings is 1. The third-order valence-electron chi connectivity index (χ3n) is 1.38. The van der Waals surface area contributed by atoms with E-state index in [0.29, 0.717) is 0 Å². The number of halogens is 3. The standard InChI is InChI=1S/C7H5F2IO2S/c8-7(9)13(11,12)6-3-1-5(10)2-4-6/h1-4,7H. The van der Waals surface area contributed by atoms with Crippen LogP contribution in [0.25, 0.3) is 0 Å². The molecule has 1 aromatic rings. The van der Waals surface area contributed by atoms with Gasteiger partial charge >= 0.3 is 5.76 Å². The molecule has 13 heavy (non-hydrogen) atoms. The van der Waals surface area contributed by atoms with Crippen LogP contribution in [-0.2, 0) is 9.84 Å². The average Bonchev–Trinajstić information content (AvgIpc) is 2.04. The van der Waals surface area contributed by atoms with Crippen LogP contribution >= 0.6 is 22.6 Å². The molecule has 0 saturated carbocycles. The van der Waals surface area contributed by atoms with Crippen molar-refractivity contribution >= 4 is 32.4 Å². The Kier molecular flexibility index (Phi) is 3.23. The van der Waals surface area contributed by atoms with Gasteiger partial charge in [-0.05, 0) is 46.9 Å². The summed E-state index contributed by atoms with van der Waals surface area (Å²) in [6.07, 6.45) is 0. The lowest BCUT2D eigenvalue weighted by Gasteiger charge is -2.01. The maximum atomic E-state index is 12.0. The van der Waals surface area contributed by atoms with Crippen LogP contribution in [0, 0.1) is 3.57 Å². The molecule has 1 aromatic carbocycles. The topological polar surface area (TPSA) is 34.1 Å². The molecule has 0 spiro atoms. The first-order valence-corrected chi connectivity index (χ1v) is 5.85. The van der Waals surface area contributed by atoms with Crippen LogP contribution in [0.1, 0.15) is 0 Å². The molecule has 0 bridgehead atoms. The van der Waals surface area contributed by atoms with Gasteiger partial charge in [0.15, 0.2) is 0 Å². The fraction of sp³-hybridized carbons (Fsp3) is 0.143. The molecular formula is C7H5F2IO2S. The maximum Gasteiger partial charge on any atom is 0.341 e. The molecule has 0 N–H and O–H groups in total. The molecule has 0 aromatic heterocycles. The van der Waals surface area contributed by atoms with Crippen molar-refractivity contribution in [1.82, 2.24) is 0 Å². The number of rotatable bonds is 2. The Hall–Kier alpha value is -0.240. The molecular weight excluding hydrogens is 313 g/mol. The summed E-state index contributed by atoms with van der Waals surface area (Å²) >= 11 is 1.96. The summed E-state index contributed by atoms with van der Waals surface area (Å²) in [5.74, 6) is -3.35. The zero-order valence-corrected chi connectivity index (χ0v) is 9.22. The zero-order valence-electron chi connectivity index (χ0n) is 6.25. The first-order chi connectivity index (χ1) is 5.94. The second-order valence-electron chi connectivity index (χ2n) is 2.26. The molecule has 2 nitrogen and oxygen atoms in total. The lowest BCUT2D eigenvalue weighted by Crippen LogP contribution is -2.11. The monoisotopic (exact) mass is 318 g/mol. The van der Waals surface area contributed by atoms with E-state index in [9.17, 15) is 17.2 Å². The predicted molar refractivity (Wildman–Crippen MR) is 52.3 cm³/mol. The quantitative estimate of drug-likeness (QED) is 0.784. The van der Waals surface area contributed by atoms with Crippen molar-refractivity contribution in [3.8, 4) is 0 Å². The smallest absolute Gasteiger partial charge is 0.218 e. The van der Waals surface area contributed by atoms with Gasteiger partial charge in [-0.2, -0.15) is 8.78 Å². The Morgan fingerprint density at radius 3 is 2.00 bits per heavy atom. The number of sulfone groups is 1. The van der Waals surface area contributed by atoms with E-state index < -0.39 is 15.6 Å². The fourth-order valence-electron chi connectivity index (χ4n) is 0.727. The molecule has 0 aliphatic rings. The van der Waals surface area contributed by atoms with Crippen molar-refractivity contribution in [1.29, 1.82) is 0 Å². The largest absolute Gasteiger partial charge is 0.341 e. The summed E-state index contributed by atoms with van der Waals surface area (Å²) < 4.78 is 46.6. The van der Waals surface area contributed by atoms with Crippen LogP contribution in [0.3, 0.4) is 0 Å². The minimum absolute atomic E-state index is 0.345. The summed E-state index contributed by atoms with van der Waals surface area (Å²) in [7, 11) is -4.43. The summed E-state index contributed by atoms with van der Waals surface area (Å²) in [6, 6.07) is 5.28. The van der Waals surface area contributed by atoms with Gasteiger partial charge in [-0.1, -0.05) is 0 Å². The van der Waals surface area contributed by atoms with E-state index in [0.717, 1.165) is 3.57 Å². The highest BCUT2D eigenvalue weighted by molar-refractivity contribution is 14.1. The molecule has 72 valence electrons. The molecule has 0 unspecified atom stereocenters. The number of alkyl halides is 2. The van der Waals surface area contributed by atoms with Crippen molar-refractivity contribution in [3.05, 3.63) is 27.8 Å². The van der Waals surface area contributed by atoms with E-state index >= 15 is 0 Å². The highest BCUT2D eigenvalue weighted by Crippen LogP contribution is 2.18. The summed E-state index contributed by atoms with van der Waals surface area (Å²) in [5, 5.41) is 0. The van der Waals surface area contributed by atoms with E-state index in [4.69, 9.17) is 0 Å². The summed E-state index contributed by atoms with van der Waals surface area (Å²) in [5.41, 5.74) is 0. The van der Waals surface area contributed by atoms with Crippen molar-refractivity contribution in [3.63, 3.8) is 0 Å². The van der Waals surface area contributed by atoms with E-state index in [1.54, 1.807) is 0 Å². The Morgan fingerprint density at radius 1 is 1.15 bits per heavy atom. The number of hydrogen-bond acceptors (Lipinski definition) is 2. The van der Waals surface area contributed by atoms with Gasteiger partial charge in [0.2, 0.25) is 9.84 Å². The lowest BCUT2D eigenvalue weighted by molar-refractivity contribution is 0.234. The minimum Gasteiger partial charge on any atom is -0.218 e. The van der Waals surface area contributed by atoms with Crippen LogP contribution in [0.5, 0.6) is 0 Å². The van der Waals surface area contributed by atoms with E-state index in [1.165, 1.54) is 24.3 Å². The molecule has 0 radical (unpaired) electrons. The number of hydrogen-bond donors (Lipinski definition) is 0. The van der Waals surface area contributed by atoms with E-state index in [1.807, 2.05) is 22.6 Å². The Balaban J connectivity index is 3.17. The molecule has 0 aliphatic carbocycles. The fourth-order valence-corrected chi connectivity index (χ4v) is 1.81. The average molecular weight is 318 g/mol. The zero-order chi connectivity index (χ0) is 10.1. The first-order valence-electron chi connectivity index (χ1n) is 3.22. The van der Waals surface area contributed by atoms with Gasteiger partial charge in [0.1, 0.15) is 0 Å². The van der Waals surface area contributed by atoms with Crippen molar-refractivity contribution in [2.24, 2.45) is 0 Å². The van der Waals surface area contributed by atoms with E-state index in [2.05, 4.69) is 0 Å². The molecule has 0 atom stereocenters. The van der Waals surface area contributed by atoms with Crippen LogP contribution < -0.4 is 0 Å². The Morgan fingerprint density at radius 2 is 1.62 bits per heavy atom. The van der Waals surface area contributed by atoms with Gasteiger partial charge in [-0.15, -0.1) is 0 Å². The van der Waals surface area contributed by atoms with Gasteiger partial charge < -0.3 is 0 Å². The molecule has 0 aliphatic heterocycles. The van der Waals surface area contributed by atoms with Gasteiger partial charge in [-0.25, -0.2) is 8.42 Å². The SMILES string of the molecule is O=S(=O)(c1ccc(I)cc1)C(F)F. The second-order valence-corrected chi connectivity index (χ2v) is 5.42.